The number of thiazole rings is 1. The Morgan fingerprint density at radius 1 is 0.933 bits per heavy atom. The Morgan fingerprint density at radius 2 is 1.60 bits per heavy atom. The first kappa shape index (κ1) is 22.0. The lowest BCUT2D eigenvalue weighted by Gasteiger charge is -2.06. The number of aromatic nitrogens is 1. The van der Waals surface area contributed by atoms with Crippen molar-refractivity contribution >= 4 is 17.3 Å². The number of nitrogens with zero attached hydrogens (tertiary/aromatic N) is 1. The SMILES string of the molecule is CC/C=C\CC(=O)Oc1ccc(-c2ccc(-c3ncc(CCCCC)s3)cc2)cc1. The minimum atomic E-state index is -0.241. The quantitative estimate of drug-likeness (QED) is 0.148. The number of benzene rings is 2. The van der Waals surface area contributed by atoms with E-state index in [-0.39, 0.29) is 5.97 Å². The standard InChI is InChI=1S/C26H29NO2S/c1-3-5-7-9-24-19-27-26(30-24)22-13-11-20(12-14-22)21-15-17-23(18-16-21)29-25(28)10-8-6-4-2/h6,8,11-19H,3-5,7,9-10H2,1-2H3/b8-6-. The van der Waals surface area contributed by atoms with Crippen LogP contribution in [0.5, 0.6) is 5.75 Å². The number of carbonyl (C=O) groups is 1. The number of aryl methyl sites for hydroxylation is 1. The molecule has 1 aromatic heterocycles. The highest BCUT2D eigenvalue weighted by molar-refractivity contribution is 7.15. The van der Waals surface area contributed by atoms with Gasteiger partial charge in [0.05, 0.1) is 6.42 Å². The predicted molar refractivity (Wildman–Crippen MR) is 126 cm³/mol. The molecule has 156 valence electrons. The molecule has 0 N–H and O–H groups in total. The molecule has 3 nitrogen and oxygen atoms in total. The van der Waals surface area contributed by atoms with Gasteiger partial charge in [-0.05, 0) is 42.5 Å². The fourth-order valence-corrected chi connectivity index (χ4v) is 4.11. The van der Waals surface area contributed by atoms with E-state index in [0.29, 0.717) is 12.2 Å². The van der Waals surface area contributed by atoms with Gasteiger partial charge >= 0.3 is 5.97 Å². The maximum atomic E-state index is 11.8. The Morgan fingerprint density at radius 3 is 2.27 bits per heavy atom. The number of carbonyl (C=O) groups excluding carboxylic acids is 1. The number of allylic oxidation sites excluding steroid dienone is 1. The van der Waals surface area contributed by atoms with Crippen LogP contribution in [-0.4, -0.2) is 11.0 Å². The summed E-state index contributed by atoms with van der Waals surface area (Å²) in [7, 11) is 0. The van der Waals surface area contributed by atoms with Crippen LogP contribution in [0, 0.1) is 0 Å². The third-order valence-electron chi connectivity index (χ3n) is 4.82. The third kappa shape index (κ3) is 6.39. The summed E-state index contributed by atoms with van der Waals surface area (Å²) in [5, 5.41) is 1.08. The van der Waals surface area contributed by atoms with E-state index in [2.05, 4.69) is 36.2 Å². The summed E-state index contributed by atoms with van der Waals surface area (Å²) in [6.45, 7) is 4.27. The van der Waals surface area contributed by atoms with Crippen molar-refractivity contribution in [1.29, 1.82) is 0 Å². The van der Waals surface area contributed by atoms with E-state index in [9.17, 15) is 4.79 Å². The molecule has 0 saturated heterocycles. The van der Waals surface area contributed by atoms with Gasteiger partial charge in [-0.25, -0.2) is 4.98 Å². The molecule has 2 aromatic carbocycles. The van der Waals surface area contributed by atoms with Gasteiger partial charge in [0, 0.05) is 16.6 Å². The van der Waals surface area contributed by atoms with Crippen molar-refractivity contribution in [2.75, 3.05) is 0 Å². The van der Waals surface area contributed by atoms with Gasteiger partial charge in [-0.1, -0.05) is 75.2 Å². The zero-order valence-corrected chi connectivity index (χ0v) is 18.6. The first-order valence-corrected chi connectivity index (χ1v) is 11.5. The summed E-state index contributed by atoms with van der Waals surface area (Å²) in [5.41, 5.74) is 3.37. The molecule has 0 atom stereocenters. The van der Waals surface area contributed by atoms with Gasteiger partial charge in [-0.15, -0.1) is 11.3 Å². The maximum absolute atomic E-state index is 11.8. The smallest absolute Gasteiger partial charge is 0.315 e. The predicted octanol–water partition coefficient (Wildman–Crippen LogP) is 7.47. The number of hydrogen-bond acceptors (Lipinski definition) is 4. The summed E-state index contributed by atoms with van der Waals surface area (Å²) in [5.74, 6) is 0.331. The zero-order chi connectivity index (χ0) is 21.2. The molecule has 3 aromatic rings. The van der Waals surface area contributed by atoms with Gasteiger partial charge in [-0.2, -0.15) is 0 Å². The molecular formula is C26H29NO2S. The van der Waals surface area contributed by atoms with Crippen LogP contribution < -0.4 is 4.74 Å². The Bertz CT molecular complexity index is 955. The minimum Gasteiger partial charge on any atom is -0.426 e. The molecule has 0 radical (unpaired) electrons. The van der Waals surface area contributed by atoms with E-state index < -0.39 is 0 Å². The van der Waals surface area contributed by atoms with Crippen LogP contribution >= 0.6 is 11.3 Å². The Balaban J connectivity index is 1.60. The Kier molecular flexibility index (Phi) is 8.40. The highest BCUT2D eigenvalue weighted by Gasteiger charge is 2.07. The molecule has 4 heteroatoms. The van der Waals surface area contributed by atoms with E-state index >= 15 is 0 Å². The van der Waals surface area contributed by atoms with Gasteiger partial charge in [0.25, 0.3) is 0 Å². The lowest BCUT2D eigenvalue weighted by Crippen LogP contribution is -2.05. The van der Waals surface area contributed by atoms with Crippen LogP contribution in [0.3, 0.4) is 0 Å². The molecule has 30 heavy (non-hydrogen) atoms. The van der Waals surface area contributed by atoms with Crippen molar-refractivity contribution in [1.82, 2.24) is 4.98 Å². The highest BCUT2D eigenvalue weighted by Crippen LogP contribution is 2.29. The first-order chi connectivity index (χ1) is 14.7. The molecule has 0 saturated carbocycles. The van der Waals surface area contributed by atoms with Crippen LogP contribution in [0.2, 0.25) is 0 Å². The van der Waals surface area contributed by atoms with E-state index in [1.165, 1.54) is 24.1 Å². The summed E-state index contributed by atoms with van der Waals surface area (Å²) in [4.78, 5) is 17.8. The van der Waals surface area contributed by atoms with Gasteiger partial charge in [-0.3, -0.25) is 4.79 Å². The van der Waals surface area contributed by atoms with E-state index in [1.807, 2.05) is 49.5 Å². The van der Waals surface area contributed by atoms with Crippen molar-refractivity contribution in [3.8, 4) is 27.4 Å². The molecule has 0 bridgehead atoms. The Hall–Kier alpha value is -2.72. The van der Waals surface area contributed by atoms with E-state index in [1.54, 1.807) is 11.3 Å². The van der Waals surface area contributed by atoms with Gasteiger partial charge in [0.1, 0.15) is 10.8 Å². The summed E-state index contributed by atoms with van der Waals surface area (Å²) >= 11 is 1.79. The number of unbranched alkanes of at least 4 members (excludes halogenated alkanes) is 2. The zero-order valence-electron chi connectivity index (χ0n) is 17.8. The average Bonchev–Trinajstić information content (AvgIpc) is 3.24. The normalized spacial score (nSPS) is 11.1. The molecule has 0 aliphatic heterocycles. The van der Waals surface area contributed by atoms with Crippen LogP contribution in [0.4, 0.5) is 0 Å². The molecule has 0 unspecified atom stereocenters. The van der Waals surface area contributed by atoms with Crippen molar-refractivity contribution in [2.45, 2.75) is 52.4 Å². The summed E-state index contributed by atoms with van der Waals surface area (Å²) in [6.07, 6.45) is 11.9. The highest BCUT2D eigenvalue weighted by atomic mass is 32.1. The number of hydrogen-bond donors (Lipinski definition) is 0. The molecule has 0 amide bonds. The molecule has 3 rings (SSSR count). The fraction of sp³-hybridized carbons (Fsp3) is 0.308. The fourth-order valence-electron chi connectivity index (χ4n) is 3.15. The largest absolute Gasteiger partial charge is 0.426 e. The van der Waals surface area contributed by atoms with Crippen molar-refractivity contribution in [2.24, 2.45) is 0 Å². The Labute approximate surface area is 183 Å². The third-order valence-corrected chi connectivity index (χ3v) is 5.92. The second kappa shape index (κ2) is 11.5. The second-order valence-electron chi connectivity index (χ2n) is 7.25. The second-order valence-corrected chi connectivity index (χ2v) is 8.36. The molecule has 0 fully saturated rings. The first-order valence-electron chi connectivity index (χ1n) is 10.7. The molecule has 1 heterocycles. The summed E-state index contributed by atoms with van der Waals surface area (Å²) < 4.78 is 5.37. The average molecular weight is 420 g/mol. The maximum Gasteiger partial charge on any atom is 0.315 e. The number of rotatable bonds is 10. The molecule has 0 aliphatic carbocycles. The summed E-state index contributed by atoms with van der Waals surface area (Å²) in [6, 6.07) is 16.1. The minimum absolute atomic E-state index is 0.241. The molecule has 0 spiro atoms. The lowest BCUT2D eigenvalue weighted by molar-refractivity contribution is -0.133. The van der Waals surface area contributed by atoms with Crippen LogP contribution in [0.25, 0.3) is 21.7 Å². The van der Waals surface area contributed by atoms with Crippen LogP contribution in [0.15, 0.2) is 66.9 Å². The lowest BCUT2D eigenvalue weighted by atomic mass is 10.0. The van der Waals surface area contributed by atoms with Crippen LogP contribution in [0.1, 0.15) is 50.8 Å². The number of ether oxygens (including phenoxy) is 1. The molecule has 0 aliphatic rings. The molecular weight excluding hydrogens is 390 g/mol. The monoisotopic (exact) mass is 419 g/mol. The van der Waals surface area contributed by atoms with Gasteiger partial charge < -0.3 is 4.74 Å². The topological polar surface area (TPSA) is 39.2 Å². The van der Waals surface area contributed by atoms with Crippen molar-refractivity contribution in [3.63, 3.8) is 0 Å². The van der Waals surface area contributed by atoms with E-state index in [4.69, 9.17) is 4.74 Å². The van der Waals surface area contributed by atoms with Crippen molar-refractivity contribution < 1.29 is 9.53 Å². The van der Waals surface area contributed by atoms with Crippen LogP contribution in [-0.2, 0) is 11.2 Å². The number of esters is 1. The van der Waals surface area contributed by atoms with Gasteiger partial charge in [0.2, 0.25) is 0 Å². The van der Waals surface area contributed by atoms with Crippen molar-refractivity contribution in [3.05, 3.63) is 71.8 Å². The van der Waals surface area contributed by atoms with E-state index in [0.717, 1.165) is 34.5 Å². The van der Waals surface area contributed by atoms with Gasteiger partial charge in [0.15, 0.2) is 0 Å².